The lowest BCUT2D eigenvalue weighted by molar-refractivity contribution is -0.127. The monoisotopic (exact) mass is 400 g/mol. The van der Waals surface area contributed by atoms with Gasteiger partial charge in [-0.05, 0) is 44.7 Å². The molecule has 1 atom stereocenters. The van der Waals surface area contributed by atoms with Gasteiger partial charge in [0.25, 0.3) is 5.91 Å². The van der Waals surface area contributed by atoms with E-state index < -0.39 is 0 Å². The zero-order valence-electron chi connectivity index (χ0n) is 16.9. The van der Waals surface area contributed by atoms with Gasteiger partial charge in [0.15, 0.2) is 0 Å². The summed E-state index contributed by atoms with van der Waals surface area (Å²) in [5.41, 5.74) is 1.52. The average molecular weight is 401 g/mol. The third kappa shape index (κ3) is 4.58. The van der Waals surface area contributed by atoms with Crippen LogP contribution in [0.3, 0.4) is 0 Å². The molecule has 0 spiro atoms. The third-order valence-corrected chi connectivity index (χ3v) is 6.57. The summed E-state index contributed by atoms with van der Waals surface area (Å²) in [7, 11) is 0. The number of piperidine rings is 1. The molecule has 1 aliphatic heterocycles. The van der Waals surface area contributed by atoms with E-state index in [-0.39, 0.29) is 23.8 Å². The predicted octanol–water partition coefficient (Wildman–Crippen LogP) is 3.53. The molecular formula is C21H28N4O2S. The first-order chi connectivity index (χ1) is 13.4. The average Bonchev–Trinajstić information content (AvgIpc) is 3.09. The SMILES string of the molecule is Cc1nc(-c2ccccn2)sc1C(=O)N1CCC(C(=O)NC(C)C(C)C)CC1. The Kier molecular flexibility index (Phi) is 6.44. The minimum atomic E-state index is -0.0168. The number of aryl methyl sites for hydroxylation is 1. The van der Waals surface area contributed by atoms with Gasteiger partial charge in [0, 0.05) is 31.2 Å². The third-order valence-electron chi connectivity index (χ3n) is 5.40. The number of carbonyl (C=O) groups excluding carboxylic acids is 2. The molecule has 3 heterocycles. The number of hydrogen-bond donors (Lipinski definition) is 1. The van der Waals surface area contributed by atoms with Crippen molar-refractivity contribution in [1.82, 2.24) is 20.2 Å². The number of nitrogens with one attached hydrogen (secondary N) is 1. The van der Waals surface area contributed by atoms with E-state index in [2.05, 4.69) is 29.1 Å². The molecule has 0 aromatic carbocycles. The van der Waals surface area contributed by atoms with E-state index >= 15 is 0 Å². The molecule has 0 aliphatic carbocycles. The van der Waals surface area contributed by atoms with Crippen molar-refractivity contribution in [3.05, 3.63) is 35.0 Å². The second kappa shape index (κ2) is 8.82. The van der Waals surface area contributed by atoms with Crippen LogP contribution in [0.15, 0.2) is 24.4 Å². The molecule has 1 unspecified atom stereocenters. The molecule has 1 saturated heterocycles. The van der Waals surface area contributed by atoms with E-state index in [1.54, 1.807) is 6.20 Å². The Morgan fingerprint density at radius 3 is 2.54 bits per heavy atom. The summed E-state index contributed by atoms with van der Waals surface area (Å²) < 4.78 is 0. The fourth-order valence-electron chi connectivity index (χ4n) is 3.19. The van der Waals surface area contributed by atoms with Crippen LogP contribution in [0.25, 0.3) is 10.7 Å². The molecule has 6 nitrogen and oxygen atoms in total. The molecule has 1 aliphatic rings. The van der Waals surface area contributed by atoms with E-state index in [1.165, 1.54) is 11.3 Å². The Bertz CT molecular complexity index is 826. The largest absolute Gasteiger partial charge is 0.353 e. The summed E-state index contributed by atoms with van der Waals surface area (Å²) in [5.74, 6) is 0.511. The van der Waals surface area contributed by atoms with Crippen LogP contribution in [-0.2, 0) is 4.79 Å². The number of aromatic nitrogens is 2. The van der Waals surface area contributed by atoms with E-state index in [0.717, 1.165) is 16.4 Å². The Labute approximate surface area is 170 Å². The summed E-state index contributed by atoms with van der Waals surface area (Å²) in [5, 5.41) is 3.86. The fraction of sp³-hybridized carbons (Fsp3) is 0.524. The standard InChI is InChI=1S/C21H28N4O2S/c1-13(2)14(3)23-19(26)16-8-11-25(12-9-16)21(27)18-15(4)24-20(28-18)17-7-5-6-10-22-17/h5-7,10,13-14,16H,8-9,11-12H2,1-4H3,(H,23,26). The minimum absolute atomic E-state index is 0.00610. The Balaban J connectivity index is 1.61. The van der Waals surface area contributed by atoms with Crippen LogP contribution in [0.5, 0.6) is 0 Å². The molecule has 0 saturated carbocycles. The molecule has 150 valence electrons. The Morgan fingerprint density at radius 1 is 1.21 bits per heavy atom. The van der Waals surface area contributed by atoms with Crippen molar-refractivity contribution in [3.63, 3.8) is 0 Å². The van der Waals surface area contributed by atoms with Gasteiger partial charge in [0.2, 0.25) is 5.91 Å². The maximum absolute atomic E-state index is 13.0. The van der Waals surface area contributed by atoms with Crippen molar-refractivity contribution in [1.29, 1.82) is 0 Å². The van der Waals surface area contributed by atoms with Crippen LogP contribution in [0.1, 0.15) is 49.0 Å². The van der Waals surface area contributed by atoms with Gasteiger partial charge < -0.3 is 10.2 Å². The van der Waals surface area contributed by atoms with Gasteiger partial charge in [-0.2, -0.15) is 0 Å². The lowest BCUT2D eigenvalue weighted by Crippen LogP contribution is -2.45. The molecular weight excluding hydrogens is 372 g/mol. The van der Waals surface area contributed by atoms with Crippen LogP contribution in [0.4, 0.5) is 0 Å². The van der Waals surface area contributed by atoms with Gasteiger partial charge in [0.05, 0.1) is 11.4 Å². The highest BCUT2D eigenvalue weighted by atomic mass is 32.1. The Hall–Kier alpha value is -2.28. The Morgan fingerprint density at radius 2 is 1.93 bits per heavy atom. The number of amides is 2. The van der Waals surface area contributed by atoms with Crippen molar-refractivity contribution in [2.24, 2.45) is 11.8 Å². The smallest absolute Gasteiger partial charge is 0.265 e. The van der Waals surface area contributed by atoms with Gasteiger partial charge in [-0.15, -0.1) is 11.3 Å². The summed E-state index contributed by atoms with van der Waals surface area (Å²) in [6, 6.07) is 5.83. The maximum Gasteiger partial charge on any atom is 0.265 e. The molecule has 1 N–H and O–H groups in total. The second-order valence-corrected chi connectivity index (χ2v) is 8.76. The summed E-state index contributed by atoms with van der Waals surface area (Å²) in [6.07, 6.45) is 3.13. The zero-order valence-corrected chi connectivity index (χ0v) is 17.8. The van der Waals surface area contributed by atoms with Crippen LogP contribution < -0.4 is 5.32 Å². The van der Waals surface area contributed by atoms with Crippen LogP contribution >= 0.6 is 11.3 Å². The molecule has 0 radical (unpaired) electrons. The van der Waals surface area contributed by atoms with Gasteiger partial charge in [0.1, 0.15) is 9.88 Å². The zero-order chi connectivity index (χ0) is 20.3. The number of thiazole rings is 1. The summed E-state index contributed by atoms with van der Waals surface area (Å²) in [4.78, 5) is 36.8. The molecule has 1 fully saturated rings. The first-order valence-electron chi connectivity index (χ1n) is 9.85. The van der Waals surface area contributed by atoms with Crippen molar-refractivity contribution >= 4 is 23.2 Å². The van der Waals surface area contributed by atoms with Crippen LogP contribution in [0.2, 0.25) is 0 Å². The van der Waals surface area contributed by atoms with Gasteiger partial charge >= 0.3 is 0 Å². The summed E-state index contributed by atoms with van der Waals surface area (Å²) >= 11 is 1.39. The highest BCUT2D eigenvalue weighted by molar-refractivity contribution is 7.17. The van der Waals surface area contributed by atoms with Crippen molar-refractivity contribution < 1.29 is 9.59 Å². The van der Waals surface area contributed by atoms with E-state index in [9.17, 15) is 9.59 Å². The quantitative estimate of drug-likeness (QED) is 0.833. The minimum Gasteiger partial charge on any atom is -0.353 e. The highest BCUT2D eigenvalue weighted by Crippen LogP contribution is 2.29. The van der Waals surface area contributed by atoms with Gasteiger partial charge in [-0.3, -0.25) is 14.6 Å². The molecule has 0 bridgehead atoms. The normalized spacial score (nSPS) is 16.2. The number of pyridine rings is 1. The summed E-state index contributed by atoms with van der Waals surface area (Å²) in [6.45, 7) is 9.30. The first-order valence-corrected chi connectivity index (χ1v) is 10.7. The van der Waals surface area contributed by atoms with Gasteiger partial charge in [-0.1, -0.05) is 19.9 Å². The molecule has 3 rings (SSSR count). The second-order valence-electron chi connectivity index (χ2n) is 7.76. The predicted molar refractivity (Wildman–Crippen MR) is 111 cm³/mol. The fourth-order valence-corrected chi connectivity index (χ4v) is 4.20. The van der Waals surface area contributed by atoms with Crippen molar-refractivity contribution in [2.45, 2.75) is 46.6 Å². The number of likely N-dealkylation sites (tertiary alicyclic amines) is 1. The molecule has 7 heteroatoms. The van der Waals surface area contributed by atoms with Gasteiger partial charge in [-0.25, -0.2) is 4.98 Å². The number of rotatable bonds is 5. The molecule has 2 aromatic rings. The lowest BCUT2D eigenvalue weighted by atomic mass is 9.94. The molecule has 28 heavy (non-hydrogen) atoms. The topological polar surface area (TPSA) is 75.2 Å². The maximum atomic E-state index is 13.0. The number of hydrogen-bond acceptors (Lipinski definition) is 5. The molecule has 2 amide bonds. The van der Waals surface area contributed by atoms with Crippen LogP contribution in [-0.4, -0.2) is 45.8 Å². The van der Waals surface area contributed by atoms with Crippen molar-refractivity contribution in [3.8, 4) is 10.7 Å². The van der Waals surface area contributed by atoms with E-state index in [0.29, 0.717) is 36.7 Å². The van der Waals surface area contributed by atoms with Crippen molar-refractivity contribution in [2.75, 3.05) is 13.1 Å². The number of nitrogens with zero attached hydrogens (tertiary/aromatic N) is 3. The number of carbonyl (C=O) groups is 2. The van der Waals surface area contributed by atoms with Crippen LogP contribution in [0, 0.1) is 18.8 Å². The van der Waals surface area contributed by atoms with E-state index in [1.807, 2.05) is 36.9 Å². The lowest BCUT2D eigenvalue weighted by Gasteiger charge is -2.32. The molecule has 2 aromatic heterocycles. The van der Waals surface area contributed by atoms with E-state index in [4.69, 9.17) is 0 Å². The highest BCUT2D eigenvalue weighted by Gasteiger charge is 2.30. The first kappa shape index (κ1) is 20.5.